The standard InChI is InChI=1S/C13H17N3O7/c1-6(18)14-9-3-4-16(13(21)15-9)12-11(22-7(2)19)10(20)8(5-17)23-12/h3-4,8,10-12,17,20H,5H2,1-2H3,(H,14,15,18,21)/t8-,10?,11?,12-/m1/s1. The minimum atomic E-state index is -1.30. The van der Waals surface area contributed by atoms with E-state index in [0.717, 1.165) is 11.5 Å². The lowest BCUT2D eigenvalue weighted by molar-refractivity contribution is -0.156. The van der Waals surface area contributed by atoms with Crippen molar-refractivity contribution in [2.24, 2.45) is 0 Å². The van der Waals surface area contributed by atoms with Gasteiger partial charge >= 0.3 is 11.7 Å². The normalized spacial score (nSPS) is 26.8. The van der Waals surface area contributed by atoms with Crippen molar-refractivity contribution in [3.63, 3.8) is 0 Å². The number of rotatable bonds is 4. The van der Waals surface area contributed by atoms with E-state index in [1.165, 1.54) is 19.2 Å². The minimum Gasteiger partial charge on any atom is -0.455 e. The summed E-state index contributed by atoms with van der Waals surface area (Å²) in [5.74, 6) is -1.00. The van der Waals surface area contributed by atoms with Crippen molar-refractivity contribution in [1.82, 2.24) is 9.55 Å². The molecule has 126 valence electrons. The Morgan fingerprint density at radius 2 is 2.17 bits per heavy atom. The molecule has 1 fully saturated rings. The highest BCUT2D eigenvalue weighted by Crippen LogP contribution is 2.30. The highest BCUT2D eigenvalue weighted by Gasteiger charge is 2.47. The topological polar surface area (TPSA) is 140 Å². The molecule has 1 aromatic heterocycles. The molecule has 23 heavy (non-hydrogen) atoms. The Morgan fingerprint density at radius 1 is 1.48 bits per heavy atom. The molecule has 0 aromatic carbocycles. The monoisotopic (exact) mass is 327 g/mol. The van der Waals surface area contributed by atoms with Crippen LogP contribution in [0.4, 0.5) is 5.82 Å². The predicted octanol–water partition coefficient (Wildman–Crippen LogP) is -1.62. The molecule has 1 aliphatic heterocycles. The van der Waals surface area contributed by atoms with Gasteiger partial charge in [0.05, 0.1) is 6.61 Å². The van der Waals surface area contributed by atoms with Crippen LogP contribution in [0, 0.1) is 0 Å². The van der Waals surface area contributed by atoms with E-state index in [9.17, 15) is 24.6 Å². The summed E-state index contributed by atoms with van der Waals surface area (Å²) in [6.07, 6.45) is -3.33. The zero-order valence-electron chi connectivity index (χ0n) is 12.5. The fraction of sp³-hybridized carbons (Fsp3) is 0.538. The van der Waals surface area contributed by atoms with Crippen LogP contribution >= 0.6 is 0 Å². The van der Waals surface area contributed by atoms with Gasteiger partial charge in [-0.15, -0.1) is 0 Å². The maximum absolute atomic E-state index is 12.1. The van der Waals surface area contributed by atoms with Crippen LogP contribution in [0.2, 0.25) is 0 Å². The number of aromatic nitrogens is 2. The number of aliphatic hydroxyl groups excluding tert-OH is 2. The fourth-order valence-electron chi connectivity index (χ4n) is 2.27. The average molecular weight is 327 g/mol. The number of aliphatic hydroxyl groups is 2. The van der Waals surface area contributed by atoms with Crippen molar-refractivity contribution in [1.29, 1.82) is 0 Å². The van der Waals surface area contributed by atoms with Crippen molar-refractivity contribution in [3.8, 4) is 0 Å². The molecule has 0 bridgehead atoms. The molecule has 4 atom stereocenters. The zero-order valence-corrected chi connectivity index (χ0v) is 12.5. The van der Waals surface area contributed by atoms with Gasteiger partial charge in [0.15, 0.2) is 12.3 Å². The first-order valence-electron chi connectivity index (χ1n) is 6.82. The molecular weight excluding hydrogens is 310 g/mol. The first-order chi connectivity index (χ1) is 10.8. The second kappa shape index (κ2) is 6.86. The Labute approximate surface area is 130 Å². The van der Waals surface area contributed by atoms with Gasteiger partial charge in [0.2, 0.25) is 5.91 Å². The first-order valence-corrected chi connectivity index (χ1v) is 6.82. The summed E-state index contributed by atoms with van der Waals surface area (Å²) in [5.41, 5.74) is -0.774. The summed E-state index contributed by atoms with van der Waals surface area (Å²) in [7, 11) is 0. The van der Waals surface area contributed by atoms with E-state index < -0.39 is 42.8 Å². The summed E-state index contributed by atoms with van der Waals surface area (Å²) < 4.78 is 11.4. The zero-order chi connectivity index (χ0) is 17.1. The van der Waals surface area contributed by atoms with E-state index in [0.29, 0.717) is 0 Å². The Kier molecular flexibility index (Phi) is 5.08. The van der Waals surface area contributed by atoms with Crippen LogP contribution in [0.25, 0.3) is 0 Å². The molecule has 1 saturated heterocycles. The minimum absolute atomic E-state index is 0.0556. The number of amides is 1. The van der Waals surface area contributed by atoms with Gasteiger partial charge in [-0.25, -0.2) is 4.79 Å². The molecule has 0 saturated carbocycles. The van der Waals surface area contributed by atoms with Crippen LogP contribution in [0.1, 0.15) is 20.1 Å². The third kappa shape index (κ3) is 3.73. The van der Waals surface area contributed by atoms with Gasteiger partial charge < -0.3 is 25.0 Å². The van der Waals surface area contributed by atoms with Gasteiger partial charge in [0.1, 0.15) is 18.0 Å². The molecule has 1 aromatic rings. The number of anilines is 1. The van der Waals surface area contributed by atoms with Crippen molar-refractivity contribution < 1.29 is 29.3 Å². The smallest absolute Gasteiger partial charge is 0.351 e. The lowest BCUT2D eigenvalue weighted by atomic mass is 10.1. The van der Waals surface area contributed by atoms with Gasteiger partial charge in [0, 0.05) is 20.0 Å². The van der Waals surface area contributed by atoms with Crippen molar-refractivity contribution in [2.75, 3.05) is 11.9 Å². The van der Waals surface area contributed by atoms with Crippen LogP contribution in [0.3, 0.4) is 0 Å². The second-order valence-corrected chi connectivity index (χ2v) is 5.00. The summed E-state index contributed by atoms with van der Waals surface area (Å²) >= 11 is 0. The summed E-state index contributed by atoms with van der Waals surface area (Å²) in [6.45, 7) is 1.91. The number of hydrogen-bond donors (Lipinski definition) is 3. The largest absolute Gasteiger partial charge is 0.455 e. The molecule has 0 aliphatic carbocycles. The van der Waals surface area contributed by atoms with Crippen molar-refractivity contribution >= 4 is 17.7 Å². The SMILES string of the molecule is CC(=O)Nc1ccn([C@@H]2O[C@H](CO)C(O)C2OC(C)=O)c(=O)n1. The number of carbonyl (C=O) groups excluding carboxylic acids is 2. The lowest BCUT2D eigenvalue weighted by Gasteiger charge is -2.21. The average Bonchev–Trinajstić information content (AvgIpc) is 2.75. The van der Waals surface area contributed by atoms with Gasteiger partial charge in [-0.1, -0.05) is 0 Å². The molecule has 0 spiro atoms. The fourth-order valence-corrected chi connectivity index (χ4v) is 2.27. The van der Waals surface area contributed by atoms with Crippen LogP contribution in [-0.4, -0.2) is 56.6 Å². The maximum Gasteiger partial charge on any atom is 0.351 e. The van der Waals surface area contributed by atoms with E-state index >= 15 is 0 Å². The molecule has 1 aliphatic rings. The van der Waals surface area contributed by atoms with E-state index in [1.54, 1.807) is 0 Å². The van der Waals surface area contributed by atoms with Crippen molar-refractivity contribution in [2.45, 2.75) is 38.4 Å². The molecule has 10 nitrogen and oxygen atoms in total. The highest BCUT2D eigenvalue weighted by atomic mass is 16.6. The van der Waals surface area contributed by atoms with Crippen LogP contribution in [0.15, 0.2) is 17.1 Å². The van der Waals surface area contributed by atoms with Crippen LogP contribution in [0.5, 0.6) is 0 Å². The third-order valence-corrected chi connectivity index (χ3v) is 3.20. The molecule has 2 heterocycles. The quantitative estimate of drug-likeness (QED) is 0.561. The van der Waals surface area contributed by atoms with Gasteiger partial charge in [-0.3, -0.25) is 14.2 Å². The molecule has 1 amide bonds. The van der Waals surface area contributed by atoms with Crippen molar-refractivity contribution in [3.05, 3.63) is 22.7 Å². The number of carbonyl (C=O) groups is 2. The molecule has 2 unspecified atom stereocenters. The molecule has 3 N–H and O–H groups in total. The van der Waals surface area contributed by atoms with Gasteiger partial charge in [-0.2, -0.15) is 4.98 Å². The van der Waals surface area contributed by atoms with Crippen LogP contribution in [-0.2, 0) is 19.1 Å². The number of hydrogen-bond acceptors (Lipinski definition) is 8. The summed E-state index contributed by atoms with van der Waals surface area (Å²) in [4.78, 5) is 37.9. The Bertz CT molecular complexity index is 659. The summed E-state index contributed by atoms with van der Waals surface area (Å²) in [6, 6.07) is 1.36. The lowest BCUT2D eigenvalue weighted by Crippen LogP contribution is -2.39. The number of nitrogens with one attached hydrogen (secondary N) is 1. The predicted molar refractivity (Wildman–Crippen MR) is 75.4 cm³/mol. The van der Waals surface area contributed by atoms with Gasteiger partial charge in [0.25, 0.3) is 0 Å². The molecule has 0 radical (unpaired) electrons. The number of esters is 1. The maximum atomic E-state index is 12.1. The van der Waals surface area contributed by atoms with E-state index in [2.05, 4.69) is 10.3 Å². The summed E-state index contributed by atoms with van der Waals surface area (Å²) in [5, 5.41) is 21.6. The first kappa shape index (κ1) is 17.1. The number of ether oxygens (including phenoxy) is 2. The van der Waals surface area contributed by atoms with E-state index in [-0.39, 0.29) is 11.7 Å². The highest BCUT2D eigenvalue weighted by molar-refractivity contribution is 5.87. The Balaban J connectivity index is 2.32. The van der Waals surface area contributed by atoms with E-state index in [4.69, 9.17) is 9.47 Å². The number of nitrogens with zero attached hydrogens (tertiary/aromatic N) is 2. The Hall–Kier alpha value is -2.30. The second-order valence-electron chi connectivity index (χ2n) is 5.00. The third-order valence-electron chi connectivity index (χ3n) is 3.20. The van der Waals surface area contributed by atoms with Gasteiger partial charge in [-0.05, 0) is 6.07 Å². The molecular formula is C13H17N3O7. The van der Waals surface area contributed by atoms with Crippen LogP contribution < -0.4 is 11.0 Å². The molecule has 2 rings (SSSR count). The van der Waals surface area contributed by atoms with E-state index in [1.807, 2.05) is 0 Å². The Morgan fingerprint density at radius 3 is 2.70 bits per heavy atom. The molecule has 10 heteroatoms.